The van der Waals surface area contributed by atoms with Crippen LogP contribution in [0.3, 0.4) is 0 Å². The molecule has 90 valence electrons. The molecule has 0 saturated carbocycles. The lowest BCUT2D eigenvalue weighted by Crippen LogP contribution is -2.06. The summed E-state index contributed by atoms with van der Waals surface area (Å²) in [5.41, 5.74) is 0.606. The molecule has 2 aromatic rings. The Morgan fingerprint density at radius 3 is 3.00 bits per heavy atom. The Balaban J connectivity index is 2.49. The number of hydrogen-bond donors (Lipinski definition) is 0. The standard InChI is InChI=1S/C10H6BrN5O2/c1-18-10(17)9-14-5-16(15-9)8-2-6(11)4-13-7(8)3-12/h2,4-5H,1H3. The molecule has 8 heteroatoms. The number of esters is 1. The van der Waals surface area contributed by atoms with Crippen molar-refractivity contribution < 1.29 is 9.53 Å². The van der Waals surface area contributed by atoms with Crippen molar-refractivity contribution in [1.82, 2.24) is 19.7 Å². The predicted molar refractivity (Wildman–Crippen MR) is 62.9 cm³/mol. The molecule has 0 radical (unpaired) electrons. The van der Waals surface area contributed by atoms with E-state index in [2.05, 4.69) is 35.7 Å². The summed E-state index contributed by atoms with van der Waals surface area (Å²) in [5.74, 6) is -0.725. The SMILES string of the molecule is COC(=O)c1ncn(-c2cc(Br)cnc2C#N)n1. The van der Waals surface area contributed by atoms with Gasteiger partial charge in [-0.3, -0.25) is 0 Å². The fraction of sp³-hybridized carbons (Fsp3) is 0.100. The van der Waals surface area contributed by atoms with E-state index in [1.807, 2.05) is 6.07 Å². The van der Waals surface area contributed by atoms with E-state index >= 15 is 0 Å². The lowest BCUT2D eigenvalue weighted by Gasteiger charge is -2.02. The summed E-state index contributed by atoms with van der Waals surface area (Å²) in [5, 5.41) is 12.9. The molecule has 0 aliphatic heterocycles. The molecular formula is C10H6BrN5O2. The third-order valence-corrected chi connectivity index (χ3v) is 2.48. The van der Waals surface area contributed by atoms with Crippen LogP contribution in [-0.4, -0.2) is 32.8 Å². The molecule has 2 heterocycles. The molecule has 0 N–H and O–H groups in total. The Kier molecular flexibility index (Phi) is 3.34. The molecule has 0 unspecified atom stereocenters. The Labute approximate surface area is 110 Å². The lowest BCUT2D eigenvalue weighted by atomic mass is 10.3. The summed E-state index contributed by atoms with van der Waals surface area (Å²) in [7, 11) is 1.24. The van der Waals surface area contributed by atoms with Crippen molar-refractivity contribution in [2.45, 2.75) is 0 Å². The monoisotopic (exact) mass is 307 g/mol. The van der Waals surface area contributed by atoms with Crippen LogP contribution in [0.25, 0.3) is 5.69 Å². The maximum Gasteiger partial charge on any atom is 0.377 e. The summed E-state index contributed by atoms with van der Waals surface area (Å²) in [4.78, 5) is 19.0. The molecule has 0 fully saturated rings. The van der Waals surface area contributed by atoms with Gasteiger partial charge in [-0.2, -0.15) is 5.26 Å². The van der Waals surface area contributed by atoms with Gasteiger partial charge >= 0.3 is 5.97 Å². The molecule has 0 saturated heterocycles. The van der Waals surface area contributed by atoms with Crippen molar-refractivity contribution in [3.05, 3.63) is 34.6 Å². The maximum atomic E-state index is 11.2. The summed E-state index contributed by atoms with van der Waals surface area (Å²) < 4.78 is 6.48. The number of rotatable bonds is 2. The minimum atomic E-state index is -0.643. The highest BCUT2D eigenvalue weighted by atomic mass is 79.9. The summed E-state index contributed by atoms with van der Waals surface area (Å²) in [6.07, 6.45) is 2.82. The van der Waals surface area contributed by atoms with Crippen molar-refractivity contribution in [3.63, 3.8) is 0 Å². The van der Waals surface area contributed by atoms with E-state index < -0.39 is 5.97 Å². The van der Waals surface area contributed by atoms with Crippen LogP contribution in [-0.2, 0) is 4.74 Å². The van der Waals surface area contributed by atoms with Crippen LogP contribution >= 0.6 is 15.9 Å². The minimum absolute atomic E-state index is 0.0821. The summed E-state index contributed by atoms with van der Waals surface area (Å²) in [6.45, 7) is 0. The van der Waals surface area contributed by atoms with Gasteiger partial charge in [-0.05, 0) is 22.0 Å². The average Bonchev–Trinajstić information content (AvgIpc) is 2.87. The topological polar surface area (TPSA) is 93.7 Å². The van der Waals surface area contributed by atoms with Crippen LogP contribution in [0, 0.1) is 11.3 Å². The second-order valence-corrected chi connectivity index (χ2v) is 4.05. The fourth-order valence-electron chi connectivity index (χ4n) is 1.25. The van der Waals surface area contributed by atoms with Gasteiger partial charge in [0.05, 0.1) is 7.11 Å². The first-order valence-corrected chi connectivity index (χ1v) is 5.51. The van der Waals surface area contributed by atoms with Crippen molar-refractivity contribution in [2.75, 3.05) is 7.11 Å². The molecule has 18 heavy (non-hydrogen) atoms. The van der Waals surface area contributed by atoms with Crippen LogP contribution in [0.4, 0.5) is 0 Å². The second kappa shape index (κ2) is 4.93. The highest BCUT2D eigenvalue weighted by Crippen LogP contribution is 2.16. The van der Waals surface area contributed by atoms with Crippen LogP contribution in [0.1, 0.15) is 16.3 Å². The van der Waals surface area contributed by atoms with Gasteiger partial charge in [0, 0.05) is 10.7 Å². The molecular weight excluding hydrogens is 302 g/mol. The lowest BCUT2D eigenvalue weighted by molar-refractivity contribution is 0.0587. The minimum Gasteiger partial charge on any atom is -0.463 e. The highest BCUT2D eigenvalue weighted by Gasteiger charge is 2.14. The van der Waals surface area contributed by atoms with Gasteiger partial charge in [0.25, 0.3) is 5.82 Å². The Morgan fingerprint density at radius 1 is 1.56 bits per heavy atom. The van der Waals surface area contributed by atoms with Gasteiger partial charge < -0.3 is 4.74 Å². The zero-order valence-corrected chi connectivity index (χ0v) is 10.7. The van der Waals surface area contributed by atoms with E-state index in [9.17, 15) is 4.79 Å². The number of halogens is 1. The number of hydrogen-bond acceptors (Lipinski definition) is 6. The normalized spacial score (nSPS) is 9.83. The van der Waals surface area contributed by atoms with E-state index in [0.717, 1.165) is 0 Å². The number of ether oxygens (including phenoxy) is 1. The largest absolute Gasteiger partial charge is 0.463 e. The Morgan fingerprint density at radius 2 is 2.33 bits per heavy atom. The Bertz CT molecular complexity index is 646. The number of carbonyl (C=O) groups is 1. The second-order valence-electron chi connectivity index (χ2n) is 3.14. The van der Waals surface area contributed by atoms with Gasteiger partial charge in [0.15, 0.2) is 5.69 Å². The number of nitrogens with zero attached hydrogens (tertiary/aromatic N) is 5. The molecule has 2 aromatic heterocycles. The third-order valence-electron chi connectivity index (χ3n) is 2.05. The number of pyridine rings is 1. The van der Waals surface area contributed by atoms with E-state index in [4.69, 9.17) is 5.26 Å². The third kappa shape index (κ3) is 2.21. The van der Waals surface area contributed by atoms with E-state index in [-0.39, 0.29) is 11.5 Å². The molecule has 0 atom stereocenters. The quantitative estimate of drug-likeness (QED) is 0.771. The van der Waals surface area contributed by atoms with Crippen LogP contribution < -0.4 is 0 Å². The number of carbonyl (C=O) groups excluding carboxylic acids is 1. The van der Waals surface area contributed by atoms with Gasteiger partial charge in [-0.25, -0.2) is 19.4 Å². The molecule has 2 rings (SSSR count). The zero-order valence-electron chi connectivity index (χ0n) is 9.16. The predicted octanol–water partition coefficient (Wildman–Crippen LogP) is 1.08. The van der Waals surface area contributed by atoms with Crippen molar-refractivity contribution in [3.8, 4) is 11.8 Å². The molecule has 0 amide bonds. The smallest absolute Gasteiger partial charge is 0.377 e. The zero-order chi connectivity index (χ0) is 13.1. The van der Waals surface area contributed by atoms with Crippen molar-refractivity contribution in [1.29, 1.82) is 5.26 Å². The molecule has 0 aliphatic rings. The van der Waals surface area contributed by atoms with E-state index in [1.165, 1.54) is 24.3 Å². The van der Waals surface area contributed by atoms with Crippen molar-refractivity contribution >= 4 is 21.9 Å². The number of aromatic nitrogens is 4. The molecule has 0 bridgehead atoms. The van der Waals surface area contributed by atoms with Gasteiger partial charge in [0.2, 0.25) is 0 Å². The molecule has 0 aromatic carbocycles. The van der Waals surface area contributed by atoms with Crippen molar-refractivity contribution in [2.24, 2.45) is 0 Å². The Hall–Kier alpha value is -2.27. The van der Waals surface area contributed by atoms with Crippen LogP contribution in [0.5, 0.6) is 0 Å². The first-order valence-electron chi connectivity index (χ1n) is 4.71. The first kappa shape index (κ1) is 12.2. The average molecular weight is 308 g/mol. The van der Waals surface area contributed by atoms with Gasteiger partial charge in [-0.15, -0.1) is 5.10 Å². The van der Waals surface area contributed by atoms with Gasteiger partial charge in [0.1, 0.15) is 18.1 Å². The maximum absolute atomic E-state index is 11.2. The first-order chi connectivity index (χ1) is 8.65. The van der Waals surface area contributed by atoms with Crippen LogP contribution in [0.2, 0.25) is 0 Å². The van der Waals surface area contributed by atoms with Gasteiger partial charge in [-0.1, -0.05) is 0 Å². The summed E-state index contributed by atoms with van der Waals surface area (Å²) >= 11 is 3.25. The molecule has 0 spiro atoms. The molecule has 0 aliphatic carbocycles. The fourth-order valence-corrected chi connectivity index (χ4v) is 1.57. The van der Waals surface area contributed by atoms with E-state index in [0.29, 0.717) is 10.2 Å². The molecule has 7 nitrogen and oxygen atoms in total. The van der Waals surface area contributed by atoms with E-state index in [1.54, 1.807) is 6.07 Å². The number of methoxy groups -OCH3 is 1. The van der Waals surface area contributed by atoms with Crippen LogP contribution in [0.15, 0.2) is 23.1 Å². The summed E-state index contributed by atoms with van der Waals surface area (Å²) in [6, 6.07) is 3.59. The highest BCUT2D eigenvalue weighted by molar-refractivity contribution is 9.10. The number of nitriles is 1.